The Bertz CT molecular complexity index is 1240. The first kappa shape index (κ1) is 17.6. The number of fused-ring (bicyclic) bond motifs is 1. The summed E-state index contributed by atoms with van der Waals surface area (Å²) in [5.41, 5.74) is -0.235. The molecule has 5 nitrogen and oxygen atoms in total. The van der Waals surface area contributed by atoms with Crippen LogP contribution < -0.4 is 0 Å². The van der Waals surface area contributed by atoms with Crippen molar-refractivity contribution >= 4 is 11.2 Å². The Balaban J connectivity index is 1.92. The van der Waals surface area contributed by atoms with Crippen molar-refractivity contribution in [2.45, 2.75) is 6.18 Å². The van der Waals surface area contributed by atoms with Gasteiger partial charge in [-0.25, -0.2) is 19.3 Å². The van der Waals surface area contributed by atoms with Crippen LogP contribution in [0, 0.1) is 17.1 Å². The molecule has 0 radical (unpaired) electrons. The fourth-order valence-electron chi connectivity index (χ4n) is 2.93. The second-order valence-electron chi connectivity index (χ2n) is 5.86. The molecule has 138 valence electrons. The summed E-state index contributed by atoms with van der Waals surface area (Å²) in [6, 6.07) is 12.6. The van der Waals surface area contributed by atoms with Gasteiger partial charge in [-0.2, -0.15) is 18.4 Å². The minimum absolute atomic E-state index is 0.104. The number of alkyl halides is 3. The van der Waals surface area contributed by atoms with E-state index in [-0.39, 0.29) is 11.3 Å². The summed E-state index contributed by atoms with van der Waals surface area (Å²) >= 11 is 0. The number of imidazole rings is 1. The van der Waals surface area contributed by atoms with E-state index in [0.29, 0.717) is 16.7 Å². The Morgan fingerprint density at radius 2 is 1.79 bits per heavy atom. The number of halogens is 4. The van der Waals surface area contributed by atoms with Crippen LogP contribution in [0.1, 0.15) is 11.3 Å². The summed E-state index contributed by atoms with van der Waals surface area (Å²) in [6.45, 7) is 0. The largest absolute Gasteiger partial charge is 0.435 e. The van der Waals surface area contributed by atoms with Crippen LogP contribution in [0.2, 0.25) is 0 Å². The third kappa shape index (κ3) is 2.95. The number of benzene rings is 2. The molecule has 4 rings (SSSR count). The van der Waals surface area contributed by atoms with Gasteiger partial charge in [0.15, 0.2) is 11.3 Å². The maximum absolute atomic E-state index is 14.3. The molecule has 0 aliphatic heterocycles. The average molecular weight is 383 g/mol. The molecular weight excluding hydrogens is 374 g/mol. The lowest BCUT2D eigenvalue weighted by Gasteiger charge is -2.10. The van der Waals surface area contributed by atoms with Gasteiger partial charge in [-0.3, -0.25) is 4.57 Å². The molecule has 0 saturated heterocycles. The van der Waals surface area contributed by atoms with Gasteiger partial charge < -0.3 is 0 Å². The maximum Gasteiger partial charge on any atom is 0.435 e. The number of nitriles is 1. The molecular formula is C19H9F4N5. The Hall–Kier alpha value is -3.80. The monoisotopic (exact) mass is 383 g/mol. The van der Waals surface area contributed by atoms with Gasteiger partial charge in [0.25, 0.3) is 0 Å². The van der Waals surface area contributed by atoms with E-state index in [1.807, 2.05) is 6.07 Å². The van der Waals surface area contributed by atoms with Crippen LogP contribution in [0.5, 0.6) is 0 Å². The van der Waals surface area contributed by atoms with Crippen LogP contribution >= 0.6 is 0 Å². The van der Waals surface area contributed by atoms with Crippen molar-refractivity contribution in [3.63, 3.8) is 0 Å². The van der Waals surface area contributed by atoms with E-state index in [1.54, 1.807) is 30.3 Å². The van der Waals surface area contributed by atoms with Gasteiger partial charge in [0.1, 0.15) is 24.0 Å². The molecule has 0 amide bonds. The van der Waals surface area contributed by atoms with Crippen molar-refractivity contribution in [2.24, 2.45) is 0 Å². The zero-order valence-corrected chi connectivity index (χ0v) is 13.9. The molecule has 2 aromatic heterocycles. The average Bonchev–Trinajstić information content (AvgIpc) is 3.10. The fraction of sp³-hybridized carbons (Fsp3) is 0.0526. The molecule has 2 aromatic carbocycles. The lowest BCUT2D eigenvalue weighted by Crippen LogP contribution is -2.09. The number of aromatic nitrogens is 4. The van der Waals surface area contributed by atoms with Gasteiger partial charge >= 0.3 is 6.18 Å². The zero-order valence-electron chi connectivity index (χ0n) is 13.9. The van der Waals surface area contributed by atoms with Gasteiger partial charge in [0.05, 0.1) is 17.3 Å². The number of nitrogens with zero attached hydrogens (tertiary/aromatic N) is 5. The molecule has 0 unspecified atom stereocenters. The predicted molar refractivity (Wildman–Crippen MR) is 91.8 cm³/mol. The SMILES string of the molecule is N#Cc1ccccc1-c1cc(F)cc(-n2cnc3c(C(F)(F)F)ncnc32)c1. The second-order valence-corrected chi connectivity index (χ2v) is 5.86. The van der Waals surface area contributed by atoms with E-state index in [2.05, 4.69) is 15.0 Å². The second kappa shape index (κ2) is 6.42. The molecule has 0 saturated carbocycles. The molecule has 0 aliphatic rings. The maximum atomic E-state index is 14.3. The number of hydrogen-bond acceptors (Lipinski definition) is 4. The van der Waals surface area contributed by atoms with E-state index in [0.717, 1.165) is 18.7 Å². The zero-order chi connectivity index (χ0) is 19.9. The third-order valence-corrected chi connectivity index (χ3v) is 4.12. The van der Waals surface area contributed by atoms with Crippen LogP contribution in [0.4, 0.5) is 17.6 Å². The third-order valence-electron chi connectivity index (χ3n) is 4.12. The van der Waals surface area contributed by atoms with Crippen LogP contribution in [-0.2, 0) is 6.18 Å². The Morgan fingerprint density at radius 1 is 1.00 bits per heavy atom. The minimum Gasteiger partial charge on any atom is -0.283 e. The number of hydrogen-bond donors (Lipinski definition) is 0. The lowest BCUT2D eigenvalue weighted by atomic mass is 10.00. The minimum atomic E-state index is -4.70. The summed E-state index contributed by atoms with van der Waals surface area (Å²) in [7, 11) is 0. The molecule has 0 spiro atoms. The van der Waals surface area contributed by atoms with E-state index in [9.17, 15) is 22.8 Å². The highest BCUT2D eigenvalue weighted by molar-refractivity contribution is 5.77. The predicted octanol–water partition coefficient (Wildman–Crippen LogP) is 4.51. The first-order valence-corrected chi connectivity index (χ1v) is 7.94. The molecule has 0 N–H and O–H groups in total. The van der Waals surface area contributed by atoms with Crippen LogP contribution in [0.25, 0.3) is 28.0 Å². The van der Waals surface area contributed by atoms with Crippen LogP contribution in [0.3, 0.4) is 0 Å². The molecule has 28 heavy (non-hydrogen) atoms. The summed E-state index contributed by atoms with van der Waals surface area (Å²) in [5.74, 6) is -0.618. The quantitative estimate of drug-likeness (QED) is 0.478. The van der Waals surface area contributed by atoms with Crippen LogP contribution in [-0.4, -0.2) is 19.5 Å². The highest BCUT2D eigenvalue weighted by atomic mass is 19.4. The van der Waals surface area contributed by atoms with Crippen molar-refractivity contribution < 1.29 is 17.6 Å². The summed E-state index contributed by atoms with van der Waals surface area (Å²) < 4.78 is 54.9. The van der Waals surface area contributed by atoms with Crippen molar-refractivity contribution in [3.8, 4) is 22.9 Å². The molecule has 0 fully saturated rings. The van der Waals surface area contributed by atoms with Crippen LogP contribution in [0.15, 0.2) is 55.1 Å². The molecule has 4 aromatic rings. The van der Waals surface area contributed by atoms with Gasteiger partial charge in [0, 0.05) is 0 Å². The van der Waals surface area contributed by atoms with Crippen molar-refractivity contribution in [2.75, 3.05) is 0 Å². The molecule has 9 heteroatoms. The first-order chi connectivity index (χ1) is 13.4. The highest BCUT2D eigenvalue weighted by Gasteiger charge is 2.36. The normalized spacial score (nSPS) is 11.5. The van der Waals surface area contributed by atoms with Gasteiger partial charge in [0.2, 0.25) is 0 Å². The molecule has 2 heterocycles. The van der Waals surface area contributed by atoms with Crippen molar-refractivity contribution in [3.05, 3.63) is 72.2 Å². The molecule has 0 atom stereocenters. The fourth-order valence-corrected chi connectivity index (χ4v) is 2.93. The Morgan fingerprint density at radius 3 is 2.54 bits per heavy atom. The topological polar surface area (TPSA) is 67.4 Å². The summed E-state index contributed by atoms with van der Waals surface area (Å²) in [5, 5.41) is 9.27. The number of rotatable bonds is 2. The standard InChI is InChI=1S/C19H9F4N5/c20-13-5-12(15-4-2-1-3-11(15)8-24)6-14(7-13)28-10-27-16-17(19(21,22)23)25-9-26-18(16)28/h1-7,9-10H. The van der Waals surface area contributed by atoms with E-state index in [1.165, 1.54) is 10.6 Å². The van der Waals surface area contributed by atoms with E-state index >= 15 is 0 Å². The Kier molecular flexibility index (Phi) is 4.04. The van der Waals surface area contributed by atoms with Gasteiger partial charge in [-0.15, -0.1) is 0 Å². The van der Waals surface area contributed by atoms with Gasteiger partial charge in [-0.05, 0) is 35.4 Å². The van der Waals surface area contributed by atoms with Crippen molar-refractivity contribution in [1.29, 1.82) is 5.26 Å². The highest BCUT2D eigenvalue weighted by Crippen LogP contribution is 2.33. The lowest BCUT2D eigenvalue weighted by molar-refractivity contribution is -0.140. The van der Waals surface area contributed by atoms with Gasteiger partial charge in [-0.1, -0.05) is 18.2 Å². The molecule has 0 aliphatic carbocycles. The Labute approximate surface area is 155 Å². The van der Waals surface area contributed by atoms with Crippen molar-refractivity contribution in [1.82, 2.24) is 19.5 Å². The van der Waals surface area contributed by atoms with E-state index in [4.69, 9.17) is 0 Å². The summed E-state index contributed by atoms with van der Waals surface area (Å²) in [6.07, 6.45) is -2.78. The van der Waals surface area contributed by atoms with E-state index < -0.39 is 23.2 Å². The summed E-state index contributed by atoms with van der Waals surface area (Å²) in [4.78, 5) is 10.9. The first-order valence-electron chi connectivity index (χ1n) is 7.94. The molecule has 0 bridgehead atoms. The smallest absolute Gasteiger partial charge is 0.283 e.